The lowest BCUT2D eigenvalue weighted by atomic mass is 10.0. The normalized spacial score (nSPS) is 15.0. The number of aliphatic hydroxyl groups excluding tert-OH is 1. The van der Waals surface area contributed by atoms with Crippen molar-refractivity contribution in [2.24, 2.45) is 0 Å². The molecule has 1 amide bonds. The molecule has 0 aliphatic rings. The predicted octanol–water partition coefficient (Wildman–Crippen LogP) is 11.2. The smallest absolute Gasteiger partial charge is 0.268 e. The Morgan fingerprint density at radius 3 is 1.65 bits per heavy atom. The van der Waals surface area contributed by atoms with Gasteiger partial charge in [0.15, 0.2) is 0 Å². The van der Waals surface area contributed by atoms with Gasteiger partial charge in [0.25, 0.3) is 7.82 Å². The molecule has 0 rings (SSSR count). The third-order valence-corrected chi connectivity index (χ3v) is 10.2. The summed E-state index contributed by atoms with van der Waals surface area (Å²) in [5.41, 5.74) is 0. The highest BCUT2D eigenvalue weighted by Gasteiger charge is 2.23. The number of nitrogens with one attached hydrogen (secondary N) is 1. The zero-order chi connectivity index (χ0) is 40.0. The Hall–Kier alpha value is -1.80. The van der Waals surface area contributed by atoms with Gasteiger partial charge >= 0.3 is 0 Å². The number of unbranched alkanes of at least 4 members (excludes halogenated alkanes) is 17. The molecule has 3 unspecified atom stereocenters. The van der Waals surface area contributed by atoms with Crippen molar-refractivity contribution in [2.45, 2.75) is 180 Å². The zero-order valence-corrected chi connectivity index (χ0v) is 36.3. The van der Waals surface area contributed by atoms with Crippen molar-refractivity contribution in [1.29, 1.82) is 0 Å². The molecule has 9 heteroatoms. The van der Waals surface area contributed by atoms with Gasteiger partial charge in [-0.3, -0.25) is 9.36 Å². The number of phosphoric acid groups is 1. The van der Waals surface area contributed by atoms with Crippen LogP contribution in [0.4, 0.5) is 0 Å². The van der Waals surface area contributed by atoms with E-state index in [2.05, 4.69) is 67.8 Å². The van der Waals surface area contributed by atoms with Crippen LogP contribution in [0.1, 0.15) is 168 Å². The fraction of sp³-hybridized carbons (Fsp3) is 0.756. The molecule has 54 heavy (non-hydrogen) atoms. The van der Waals surface area contributed by atoms with Crippen LogP contribution in [0, 0.1) is 0 Å². The Morgan fingerprint density at radius 2 is 1.13 bits per heavy atom. The lowest BCUT2D eigenvalue weighted by Crippen LogP contribution is -2.45. The topological polar surface area (TPSA) is 108 Å². The molecule has 2 N–H and O–H groups in total. The first-order valence-electron chi connectivity index (χ1n) is 21.7. The van der Waals surface area contributed by atoms with Crippen LogP contribution in [-0.2, 0) is 18.4 Å². The minimum Gasteiger partial charge on any atom is -0.756 e. The Morgan fingerprint density at radius 1 is 0.667 bits per heavy atom. The van der Waals surface area contributed by atoms with E-state index in [4.69, 9.17) is 9.05 Å². The van der Waals surface area contributed by atoms with Gasteiger partial charge in [-0.05, 0) is 57.8 Å². The second-order valence-electron chi connectivity index (χ2n) is 15.7. The molecule has 0 spiro atoms. The number of allylic oxidation sites excluding steroid dienone is 9. The summed E-state index contributed by atoms with van der Waals surface area (Å²) < 4.78 is 23.2. The summed E-state index contributed by atoms with van der Waals surface area (Å²) in [4.78, 5) is 25.3. The third-order valence-electron chi connectivity index (χ3n) is 9.23. The number of hydrogen-bond donors (Lipinski definition) is 2. The van der Waals surface area contributed by atoms with Crippen LogP contribution in [0.2, 0.25) is 0 Å². The first kappa shape index (κ1) is 52.2. The molecule has 0 saturated heterocycles. The Kier molecular flexibility index (Phi) is 35.6. The van der Waals surface area contributed by atoms with E-state index in [0.29, 0.717) is 17.4 Å². The van der Waals surface area contributed by atoms with E-state index in [-0.39, 0.29) is 19.1 Å². The number of quaternary nitrogens is 1. The summed E-state index contributed by atoms with van der Waals surface area (Å²) in [6, 6.07) is -0.895. The summed E-state index contributed by atoms with van der Waals surface area (Å²) in [7, 11) is 1.24. The van der Waals surface area contributed by atoms with Crippen LogP contribution in [0.15, 0.2) is 60.8 Å². The molecule has 314 valence electrons. The maximum Gasteiger partial charge on any atom is 0.268 e. The van der Waals surface area contributed by atoms with Gasteiger partial charge in [-0.1, -0.05) is 164 Å². The van der Waals surface area contributed by atoms with Gasteiger partial charge in [-0.15, -0.1) is 0 Å². The minimum absolute atomic E-state index is 0.00679. The number of rotatable bonds is 38. The Labute approximate surface area is 332 Å². The molecule has 0 aromatic rings. The van der Waals surface area contributed by atoms with Gasteiger partial charge in [0.05, 0.1) is 39.9 Å². The molecule has 0 fully saturated rings. The van der Waals surface area contributed by atoms with Gasteiger partial charge in [-0.25, -0.2) is 0 Å². The average Bonchev–Trinajstić information content (AvgIpc) is 3.12. The zero-order valence-electron chi connectivity index (χ0n) is 35.4. The van der Waals surface area contributed by atoms with Crippen LogP contribution in [-0.4, -0.2) is 68.5 Å². The van der Waals surface area contributed by atoms with Gasteiger partial charge in [0.2, 0.25) is 5.91 Å². The fourth-order valence-electron chi connectivity index (χ4n) is 5.79. The van der Waals surface area contributed by atoms with E-state index in [1.165, 1.54) is 70.6 Å². The standard InChI is InChI=1S/C45H83N2O6P/c1-6-8-10-12-14-16-18-20-21-22-23-24-25-27-29-31-33-35-37-39-45(49)46-43(42-53-54(50,51)52-41-40-47(3,4)5)44(48)38-36-34-32-30-28-26-19-17-15-13-11-9-7-2/h8,10,14,16,20-21,23-24,36,38,43-44,48H,6-7,9,11-13,15,17-19,22,25-35,37,39-42H2,1-5H3,(H-,46,49,50,51)/b10-8-,16-14-,21-20-,24-23-,38-36+. The summed E-state index contributed by atoms with van der Waals surface area (Å²) in [5, 5.41) is 13.7. The van der Waals surface area contributed by atoms with Crippen LogP contribution < -0.4 is 10.2 Å². The number of hydrogen-bond acceptors (Lipinski definition) is 6. The second-order valence-corrected chi connectivity index (χ2v) is 17.1. The van der Waals surface area contributed by atoms with E-state index in [1.807, 2.05) is 27.2 Å². The third kappa shape index (κ3) is 38.5. The number of nitrogens with zero attached hydrogens (tertiary/aromatic N) is 1. The van der Waals surface area contributed by atoms with Crippen molar-refractivity contribution in [3.8, 4) is 0 Å². The molecule has 0 aliphatic heterocycles. The molecule has 0 saturated carbocycles. The maximum atomic E-state index is 12.8. The maximum absolute atomic E-state index is 12.8. The lowest BCUT2D eigenvalue weighted by molar-refractivity contribution is -0.870. The van der Waals surface area contributed by atoms with Crippen LogP contribution in [0.25, 0.3) is 0 Å². The molecule has 8 nitrogen and oxygen atoms in total. The van der Waals surface area contributed by atoms with Crippen molar-refractivity contribution >= 4 is 13.7 Å². The minimum atomic E-state index is -4.59. The highest BCUT2D eigenvalue weighted by Crippen LogP contribution is 2.38. The number of likely N-dealkylation sites (N-methyl/N-ethyl adjacent to an activating group) is 1. The van der Waals surface area contributed by atoms with Crippen molar-refractivity contribution in [3.63, 3.8) is 0 Å². The van der Waals surface area contributed by atoms with Gasteiger partial charge in [0.1, 0.15) is 13.2 Å². The van der Waals surface area contributed by atoms with E-state index in [1.54, 1.807) is 6.08 Å². The van der Waals surface area contributed by atoms with Gasteiger partial charge < -0.3 is 28.8 Å². The molecule has 0 aromatic heterocycles. The largest absolute Gasteiger partial charge is 0.756 e. The summed E-state index contributed by atoms with van der Waals surface area (Å²) in [5.74, 6) is -0.215. The van der Waals surface area contributed by atoms with Crippen LogP contribution in [0.3, 0.4) is 0 Å². The average molecular weight is 779 g/mol. The molecule has 0 bridgehead atoms. The number of carbonyl (C=O) groups excluding carboxylic acids is 1. The summed E-state index contributed by atoms with van der Waals surface area (Å²) >= 11 is 0. The second kappa shape index (κ2) is 36.8. The SMILES string of the molecule is CC/C=C\C/C=C\C/C=C\C/C=C\CCCCCCCCC(=O)NC(COP(=O)([O-])OCC[N+](C)(C)C)C(O)/C=C/CCCCCCCCCCCCC. The summed E-state index contributed by atoms with van der Waals surface area (Å²) in [6.07, 6.45) is 46.9. The fourth-order valence-corrected chi connectivity index (χ4v) is 6.51. The Balaban J connectivity index is 4.46. The number of amides is 1. The van der Waals surface area contributed by atoms with Crippen molar-refractivity contribution in [1.82, 2.24) is 5.32 Å². The highest BCUT2D eigenvalue weighted by atomic mass is 31.2. The molecule has 0 aromatic carbocycles. The molecular weight excluding hydrogens is 695 g/mol. The predicted molar refractivity (Wildman–Crippen MR) is 228 cm³/mol. The van der Waals surface area contributed by atoms with Crippen molar-refractivity contribution in [3.05, 3.63) is 60.8 Å². The quantitative estimate of drug-likeness (QED) is 0.0280. The van der Waals surface area contributed by atoms with Crippen molar-refractivity contribution < 1.29 is 32.9 Å². The lowest BCUT2D eigenvalue weighted by Gasteiger charge is -2.29. The van der Waals surface area contributed by atoms with E-state index in [0.717, 1.165) is 77.0 Å². The number of carbonyl (C=O) groups is 1. The molecular formula is C45H83N2O6P. The van der Waals surface area contributed by atoms with E-state index >= 15 is 0 Å². The van der Waals surface area contributed by atoms with Crippen LogP contribution >= 0.6 is 7.82 Å². The van der Waals surface area contributed by atoms with E-state index < -0.39 is 20.0 Å². The first-order chi connectivity index (χ1) is 26.0. The highest BCUT2D eigenvalue weighted by molar-refractivity contribution is 7.45. The number of phosphoric ester groups is 1. The molecule has 0 radical (unpaired) electrons. The monoisotopic (exact) mass is 779 g/mol. The Bertz CT molecular complexity index is 1060. The van der Waals surface area contributed by atoms with Crippen molar-refractivity contribution in [2.75, 3.05) is 40.9 Å². The molecule has 0 heterocycles. The summed E-state index contributed by atoms with van der Waals surface area (Å²) in [6.45, 7) is 4.50. The number of aliphatic hydroxyl groups is 1. The molecule has 0 aliphatic carbocycles. The van der Waals surface area contributed by atoms with Crippen LogP contribution in [0.5, 0.6) is 0 Å². The van der Waals surface area contributed by atoms with Gasteiger partial charge in [-0.2, -0.15) is 0 Å². The van der Waals surface area contributed by atoms with Gasteiger partial charge in [0, 0.05) is 6.42 Å². The van der Waals surface area contributed by atoms with E-state index in [9.17, 15) is 19.4 Å². The first-order valence-corrected chi connectivity index (χ1v) is 23.1. The molecule has 3 atom stereocenters.